The van der Waals surface area contributed by atoms with Gasteiger partial charge in [-0.1, -0.05) is 0 Å². The lowest BCUT2D eigenvalue weighted by Gasteiger charge is -2.37. The number of rotatable bonds is 7. The number of hydrogen-bond acceptors (Lipinski definition) is 6. The first-order valence-electron chi connectivity index (χ1n) is 11.2. The van der Waals surface area contributed by atoms with E-state index in [9.17, 15) is 0 Å². The molecular formula is C24H31N7O2. The van der Waals surface area contributed by atoms with Crippen LogP contribution in [0.4, 0.5) is 5.69 Å². The number of nitrogens with zero attached hydrogens (tertiary/aromatic N) is 5. The van der Waals surface area contributed by atoms with Gasteiger partial charge in [0.25, 0.3) is 0 Å². The maximum absolute atomic E-state index is 5.26. The Kier molecular flexibility index (Phi) is 7.29. The van der Waals surface area contributed by atoms with E-state index in [4.69, 9.17) is 14.5 Å². The molecule has 0 aliphatic carbocycles. The third-order valence-electron chi connectivity index (χ3n) is 5.61. The van der Waals surface area contributed by atoms with Crippen molar-refractivity contribution in [2.24, 2.45) is 4.99 Å². The first kappa shape index (κ1) is 22.4. The van der Waals surface area contributed by atoms with Crippen molar-refractivity contribution in [3.05, 3.63) is 54.4 Å². The van der Waals surface area contributed by atoms with Gasteiger partial charge >= 0.3 is 0 Å². The molecule has 174 valence electrons. The number of ether oxygens (including phenoxy) is 2. The van der Waals surface area contributed by atoms with Crippen LogP contribution in [0, 0.1) is 0 Å². The van der Waals surface area contributed by atoms with Gasteiger partial charge in [0.1, 0.15) is 23.9 Å². The summed E-state index contributed by atoms with van der Waals surface area (Å²) < 4.78 is 10.5. The van der Waals surface area contributed by atoms with Crippen LogP contribution < -0.4 is 19.7 Å². The summed E-state index contributed by atoms with van der Waals surface area (Å²) in [4.78, 5) is 14.1. The smallest absolute Gasteiger partial charge is 0.194 e. The molecule has 0 radical (unpaired) electrons. The van der Waals surface area contributed by atoms with Gasteiger partial charge in [0.05, 0.1) is 14.2 Å². The first-order valence-corrected chi connectivity index (χ1v) is 11.2. The van der Waals surface area contributed by atoms with Gasteiger partial charge in [-0.05, 0) is 55.5 Å². The van der Waals surface area contributed by atoms with Gasteiger partial charge in [-0.15, -0.1) is 0 Å². The summed E-state index contributed by atoms with van der Waals surface area (Å²) in [5.74, 6) is 3.96. The number of guanidine groups is 1. The maximum Gasteiger partial charge on any atom is 0.194 e. The predicted octanol–water partition coefficient (Wildman–Crippen LogP) is 2.78. The largest absolute Gasteiger partial charge is 0.497 e. The number of hydrogen-bond donors (Lipinski definition) is 2. The van der Waals surface area contributed by atoms with Crippen LogP contribution in [0.2, 0.25) is 0 Å². The molecule has 9 nitrogen and oxygen atoms in total. The molecule has 0 bridgehead atoms. The average Bonchev–Trinajstić information content (AvgIpc) is 3.36. The average molecular weight is 450 g/mol. The minimum absolute atomic E-state index is 0.435. The SMILES string of the molecule is CCNC(=NCc1nc(-c2ccc(OC)cc2)n[nH]1)N1CCN(c2ccc(OC)cc2)CC1. The highest BCUT2D eigenvalue weighted by molar-refractivity contribution is 5.80. The fourth-order valence-corrected chi connectivity index (χ4v) is 3.78. The van der Waals surface area contributed by atoms with E-state index in [1.807, 2.05) is 36.4 Å². The van der Waals surface area contributed by atoms with Gasteiger partial charge in [-0.2, -0.15) is 5.10 Å². The zero-order valence-electron chi connectivity index (χ0n) is 19.4. The molecule has 2 heterocycles. The molecule has 0 spiro atoms. The number of anilines is 1. The second-order valence-electron chi connectivity index (χ2n) is 7.68. The van der Waals surface area contributed by atoms with Gasteiger partial charge in [0, 0.05) is 44.0 Å². The Morgan fingerprint density at radius 2 is 1.61 bits per heavy atom. The summed E-state index contributed by atoms with van der Waals surface area (Å²) in [6, 6.07) is 15.9. The molecule has 1 saturated heterocycles. The molecule has 4 rings (SSSR count). The maximum atomic E-state index is 5.26. The highest BCUT2D eigenvalue weighted by Crippen LogP contribution is 2.21. The number of piperazine rings is 1. The number of nitrogens with one attached hydrogen (secondary N) is 2. The molecule has 1 aromatic heterocycles. The zero-order chi connectivity index (χ0) is 23.0. The highest BCUT2D eigenvalue weighted by atomic mass is 16.5. The van der Waals surface area contributed by atoms with Crippen molar-refractivity contribution in [3.63, 3.8) is 0 Å². The number of benzene rings is 2. The van der Waals surface area contributed by atoms with Gasteiger partial charge in [-0.25, -0.2) is 9.98 Å². The van der Waals surface area contributed by atoms with Crippen LogP contribution in [0.1, 0.15) is 12.7 Å². The van der Waals surface area contributed by atoms with Crippen LogP contribution in [0.5, 0.6) is 11.5 Å². The molecule has 2 aromatic carbocycles. The lowest BCUT2D eigenvalue weighted by atomic mass is 10.2. The molecule has 0 unspecified atom stereocenters. The molecule has 0 saturated carbocycles. The molecule has 2 N–H and O–H groups in total. The Morgan fingerprint density at radius 1 is 0.970 bits per heavy atom. The van der Waals surface area contributed by atoms with Crippen LogP contribution in [0.3, 0.4) is 0 Å². The lowest BCUT2D eigenvalue weighted by molar-refractivity contribution is 0.372. The molecule has 1 aliphatic rings. The van der Waals surface area contributed by atoms with Crippen LogP contribution in [-0.2, 0) is 6.54 Å². The second-order valence-corrected chi connectivity index (χ2v) is 7.68. The highest BCUT2D eigenvalue weighted by Gasteiger charge is 2.20. The van der Waals surface area contributed by atoms with Gasteiger partial charge in [0.2, 0.25) is 0 Å². The number of methoxy groups -OCH3 is 2. The number of aromatic nitrogens is 3. The molecule has 0 atom stereocenters. The third-order valence-corrected chi connectivity index (χ3v) is 5.61. The van der Waals surface area contributed by atoms with Gasteiger partial charge < -0.3 is 24.6 Å². The van der Waals surface area contributed by atoms with Crippen molar-refractivity contribution in [1.82, 2.24) is 25.4 Å². The molecule has 1 aliphatic heterocycles. The van der Waals surface area contributed by atoms with Crippen LogP contribution in [0.15, 0.2) is 53.5 Å². The fourth-order valence-electron chi connectivity index (χ4n) is 3.78. The summed E-state index contributed by atoms with van der Waals surface area (Å²) in [6.45, 7) is 6.98. The van der Waals surface area contributed by atoms with Crippen molar-refractivity contribution in [2.75, 3.05) is 51.8 Å². The number of H-pyrrole nitrogens is 1. The third kappa shape index (κ3) is 5.54. The predicted molar refractivity (Wildman–Crippen MR) is 130 cm³/mol. The topological polar surface area (TPSA) is 90.9 Å². The van der Waals surface area contributed by atoms with Crippen LogP contribution in [0.25, 0.3) is 11.4 Å². The summed E-state index contributed by atoms with van der Waals surface area (Å²) in [6.07, 6.45) is 0. The summed E-state index contributed by atoms with van der Waals surface area (Å²) in [5.41, 5.74) is 2.15. The van der Waals surface area contributed by atoms with Crippen molar-refractivity contribution >= 4 is 11.6 Å². The molecule has 3 aromatic rings. The Morgan fingerprint density at radius 3 is 2.21 bits per heavy atom. The first-order chi connectivity index (χ1) is 16.2. The molecule has 1 fully saturated rings. The van der Waals surface area contributed by atoms with E-state index in [0.717, 1.165) is 61.6 Å². The second kappa shape index (κ2) is 10.7. The fraction of sp³-hybridized carbons (Fsp3) is 0.375. The summed E-state index contributed by atoms with van der Waals surface area (Å²) in [5, 5.41) is 10.8. The minimum atomic E-state index is 0.435. The lowest BCUT2D eigenvalue weighted by Crippen LogP contribution is -2.52. The number of aromatic amines is 1. The van der Waals surface area contributed by atoms with E-state index >= 15 is 0 Å². The normalized spacial score (nSPS) is 14.3. The summed E-state index contributed by atoms with van der Waals surface area (Å²) >= 11 is 0. The van der Waals surface area contributed by atoms with E-state index in [1.54, 1.807) is 14.2 Å². The van der Waals surface area contributed by atoms with Crippen molar-refractivity contribution in [3.8, 4) is 22.9 Å². The minimum Gasteiger partial charge on any atom is -0.497 e. The van der Waals surface area contributed by atoms with Gasteiger partial charge in [-0.3, -0.25) is 5.10 Å². The molecular weight excluding hydrogens is 418 g/mol. The molecule has 0 amide bonds. The van der Waals surface area contributed by atoms with Crippen molar-refractivity contribution in [1.29, 1.82) is 0 Å². The van der Waals surface area contributed by atoms with Crippen LogP contribution >= 0.6 is 0 Å². The Balaban J connectivity index is 1.37. The Bertz CT molecular complexity index is 1040. The molecule has 33 heavy (non-hydrogen) atoms. The standard InChI is InChI=1S/C24H31N7O2/c1-4-25-24(31-15-13-30(14-16-31)19-7-11-21(33-3)12-8-19)26-17-22-27-23(29-28-22)18-5-9-20(32-2)10-6-18/h5-12H,4,13-17H2,1-3H3,(H,25,26)(H,27,28,29). The van der Waals surface area contributed by atoms with E-state index in [-0.39, 0.29) is 0 Å². The quantitative estimate of drug-likeness (QED) is 0.423. The zero-order valence-corrected chi connectivity index (χ0v) is 19.4. The van der Waals surface area contributed by atoms with E-state index in [1.165, 1.54) is 5.69 Å². The Labute approximate surface area is 194 Å². The van der Waals surface area contributed by atoms with Gasteiger partial charge in [0.15, 0.2) is 11.8 Å². The van der Waals surface area contributed by atoms with Crippen molar-refractivity contribution < 1.29 is 9.47 Å². The van der Waals surface area contributed by atoms with E-state index in [0.29, 0.717) is 12.4 Å². The molecule has 9 heteroatoms. The summed E-state index contributed by atoms with van der Waals surface area (Å²) in [7, 11) is 3.34. The van der Waals surface area contributed by atoms with E-state index < -0.39 is 0 Å². The number of aliphatic imine (C=N–C) groups is 1. The van der Waals surface area contributed by atoms with Crippen LogP contribution in [-0.4, -0.2) is 73.0 Å². The Hall–Kier alpha value is -3.75. The monoisotopic (exact) mass is 449 g/mol. The van der Waals surface area contributed by atoms with E-state index in [2.05, 4.69) is 49.4 Å². The van der Waals surface area contributed by atoms with Crippen molar-refractivity contribution in [2.45, 2.75) is 13.5 Å².